The number of rotatable bonds is 8. The van der Waals surface area contributed by atoms with Gasteiger partial charge in [-0.3, -0.25) is 4.79 Å². The first kappa shape index (κ1) is 19.9. The molecule has 142 valence electrons. The van der Waals surface area contributed by atoms with Crippen LogP contribution < -0.4 is 4.74 Å². The summed E-state index contributed by atoms with van der Waals surface area (Å²) in [5.74, 6) is 1.20. The van der Waals surface area contributed by atoms with Gasteiger partial charge in [0, 0.05) is 16.9 Å². The van der Waals surface area contributed by atoms with Crippen molar-refractivity contribution in [2.45, 2.75) is 27.0 Å². The number of thiophene rings is 1. The van der Waals surface area contributed by atoms with Gasteiger partial charge in [0.05, 0.1) is 17.1 Å². The first-order valence-electron chi connectivity index (χ1n) is 8.65. The molecule has 27 heavy (non-hydrogen) atoms. The van der Waals surface area contributed by atoms with E-state index < -0.39 is 0 Å². The lowest BCUT2D eigenvalue weighted by atomic mass is 10.2. The van der Waals surface area contributed by atoms with E-state index in [1.54, 1.807) is 23.5 Å². The summed E-state index contributed by atoms with van der Waals surface area (Å²) in [5, 5.41) is 5.48. The molecule has 0 N–H and O–H groups in total. The Hall–Kier alpha value is -1.89. The molecule has 0 unspecified atom stereocenters. The van der Waals surface area contributed by atoms with E-state index in [-0.39, 0.29) is 5.91 Å². The number of ether oxygens (including phenoxy) is 1. The second-order valence-electron chi connectivity index (χ2n) is 6.53. The number of aromatic nitrogens is 1. The van der Waals surface area contributed by atoms with Crippen LogP contribution in [0.4, 0.5) is 0 Å². The summed E-state index contributed by atoms with van der Waals surface area (Å²) in [7, 11) is 0. The Bertz CT molecular complexity index is 861. The molecule has 1 aromatic carbocycles. The molecule has 0 spiro atoms. The number of nitrogens with zero attached hydrogens (tertiary/aromatic N) is 2. The molecule has 0 bridgehead atoms. The Kier molecular flexibility index (Phi) is 6.88. The van der Waals surface area contributed by atoms with Crippen LogP contribution in [-0.2, 0) is 13.2 Å². The Balaban J connectivity index is 1.63. The van der Waals surface area contributed by atoms with Crippen molar-refractivity contribution < 1.29 is 9.53 Å². The van der Waals surface area contributed by atoms with Gasteiger partial charge in [-0.2, -0.15) is 0 Å². The second-order valence-corrected chi connectivity index (χ2v) is 8.86. The van der Waals surface area contributed by atoms with Crippen molar-refractivity contribution in [1.82, 2.24) is 9.88 Å². The van der Waals surface area contributed by atoms with Gasteiger partial charge < -0.3 is 9.64 Å². The van der Waals surface area contributed by atoms with Crippen molar-refractivity contribution in [3.05, 3.63) is 67.8 Å². The highest BCUT2D eigenvalue weighted by molar-refractivity contribution is 7.12. The number of amides is 1. The zero-order chi connectivity index (χ0) is 19.2. The summed E-state index contributed by atoms with van der Waals surface area (Å²) in [6, 6.07) is 11.0. The summed E-state index contributed by atoms with van der Waals surface area (Å²) in [5.41, 5.74) is 0.889. The van der Waals surface area contributed by atoms with Crippen molar-refractivity contribution >= 4 is 40.2 Å². The zero-order valence-electron chi connectivity index (χ0n) is 15.2. The SMILES string of the molecule is CC(C)CN(Cc1csc(COc2ccc(Cl)cc2)n1)C(=O)c1cccs1. The van der Waals surface area contributed by atoms with E-state index in [9.17, 15) is 4.79 Å². The molecule has 7 heteroatoms. The van der Waals surface area contributed by atoms with E-state index in [1.807, 2.05) is 39.9 Å². The van der Waals surface area contributed by atoms with E-state index >= 15 is 0 Å². The van der Waals surface area contributed by atoms with Gasteiger partial charge in [-0.15, -0.1) is 22.7 Å². The fourth-order valence-corrected chi connectivity index (χ4v) is 4.09. The molecule has 0 saturated carbocycles. The third kappa shape index (κ3) is 5.79. The van der Waals surface area contributed by atoms with Crippen LogP contribution in [0.2, 0.25) is 5.02 Å². The molecule has 3 aromatic rings. The molecular weight excluding hydrogens is 400 g/mol. The quantitative estimate of drug-likeness (QED) is 0.467. The maximum absolute atomic E-state index is 12.8. The van der Waals surface area contributed by atoms with Crippen LogP contribution in [0.25, 0.3) is 0 Å². The number of carbonyl (C=O) groups excluding carboxylic acids is 1. The van der Waals surface area contributed by atoms with Crippen LogP contribution in [0, 0.1) is 5.92 Å². The van der Waals surface area contributed by atoms with Crippen molar-refractivity contribution in [3.8, 4) is 5.75 Å². The molecule has 2 heterocycles. The van der Waals surface area contributed by atoms with E-state index in [1.165, 1.54) is 11.3 Å². The van der Waals surface area contributed by atoms with Crippen LogP contribution in [0.1, 0.15) is 34.2 Å². The van der Waals surface area contributed by atoms with E-state index in [0.717, 1.165) is 21.3 Å². The first-order chi connectivity index (χ1) is 13.0. The highest BCUT2D eigenvalue weighted by Crippen LogP contribution is 2.20. The van der Waals surface area contributed by atoms with Gasteiger partial charge in [0.1, 0.15) is 17.4 Å². The van der Waals surface area contributed by atoms with E-state index in [0.29, 0.717) is 30.6 Å². The van der Waals surface area contributed by atoms with Gasteiger partial charge in [0.15, 0.2) is 0 Å². The first-order valence-corrected chi connectivity index (χ1v) is 10.8. The van der Waals surface area contributed by atoms with Crippen molar-refractivity contribution in [2.24, 2.45) is 5.92 Å². The summed E-state index contributed by atoms with van der Waals surface area (Å²) in [6.07, 6.45) is 0. The largest absolute Gasteiger partial charge is 0.486 e. The highest BCUT2D eigenvalue weighted by Gasteiger charge is 2.19. The van der Waals surface area contributed by atoms with Crippen molar-refractivity contribution in [3.63, 3.8) is 0 Å². The maximum atomic E-state index is 12.8. The standard InChI is InChI=1S/C20H21ClN2O2S2/c1-14(2)10-23(20(24)18-4-3-9-26-18)11-16-13-27-19(22-16)12-25-17-7-5-15(21)6-8-17/h3-9,13-14H,10-12H2,1-2H3. The predicted molar refractivity (Wildman–Crippen MR) is 112 cm³/mol. The Morgan fingerprint density at radius 3 is 2.67 bits per heavy atom. The number of halogens is 1. The normalized spacial score (nSPS) is 11.0. The average Bonchev–Trinajstić information content (AvgIpc) is 3.32. The number of hydrogen-bond acceptors (Lipinski definition) is 5. The summed E-state index contributed by atoms with van der Waals surface area (Å²) >= 11 is 8.90. The summed E-state index contributed by atoms with van der Waals surface area (Å²) in [6.45, 7) is 5.83. The van der Waals surface area contributed by atoms with Gasteiger partial charge in [0.25, 0.3) is 5.91 Å². The van der Waals surface area contributed by atoms with Crippen LogP contribution in [0.15, 0.2) is 47.2 Å². The topological polar surface area (TPSA) is 42.4 Å². The number of thiazole rings is 1. The zero-order valence-corrected chi connectivity index (χ0v) is 17.6. The van der Waals surface area contributed by atoms with Gasteiger partial charge in [-0.05, 0) is 41.6 Å². The van der Waals surface area contributed by atoms with Crippen LogP contribution in [0.3, 0.4) is 0 Å². The minimum atomic E-state index is 0.0608. The molecule has 0 aliphatic carbocycles. The van der Waals surface area contributed by atoms with Gasteiger partial charge in [-0.1, -0.05) is 31.5 Å². The summed E-state index contributed by atoms with van der Waals surface area (Å²) in [4.78, 5) is 20.0. The highest BCUT2D eigenvalue weighted by atomic mass is 35.5. The number of carbonyl (C=O) groups is 1. The predicted octanol–water partition coefficient (Wildman–Crippen LogP) is 5.74. The van der Waals surface area contributed by atoms with Crippen LogP contribution >= 0.6 is 34.3 Å². The Morgan fingerprint density at radius 2 is 2.00 bits per heavy atom. The molecule has 1 amide bonds. The van der Waals surface area contributed by atoms with Crippen LogP contribution in [-0.4, -0.2) is 22.3 Å². The molecule has 0 radical (unpaired) electrons. The number of benzene rings is 1. The van der Waals surface area contributed by atoms with E-state index in [4.69, 9.17) is 16.3 Å². The smallest absolute Gasteiger partial charge is 0.264 e. The average molecular weight is 421 g/mol. The lowest BCUT2D eigenvalue weighted by molar-refractivity contribution is 0.0725. The second kappa shape index (κ2) is 9.35. The Morgan fingerprint density at radius 1 is 1.22 bits per heavy atom. The molecule has 0 fully saturated rings. The van der Waals surface area contributed by atoms with Gasteiger partial charge in [0.2, 0.25) is 0 Å². The number of hydrogen-bond donors (Lipinski definition) is 0. The molecule has 4 nitrogen and oxygen atoms in total. The molecular formula is C20H21ClN2O2S2. The minimum Gasteiger partial charge on any atom is -0.486 e. The lowest BCUT2D eigenvalue weighted by Gasteiger charge is -2.23. The fourth-order valence-electron chi connectivity index (χ4n) is 2.58. The molecule has 3 rings (SSSR count). The monoisotopic (exact) mass is 420 g/mol. The third-order valence-electron chi connectivity index (χ3n) is 3.73. The van der Waals surface area contributed by atoms with Crippen molar-refractivity contribution in [1.29, 1.82) is 0 Å². The third-order valence-corrected chi connectivity index (χ3v) is 5.71. The van der Waals surface area contributed by atoms with Gasteiger partial charge in [-0.25, -0.2) is 4.98 Å². The minimum absolute atomic E-state index is 0.0608. The van der Waals surface area contributed by atoms with Crippen molar-refractivity contribution in [2.75, 3.05) is 6.54 Å². The summed E-state index contributed by atoms with van der Waals surface area (Å²) < 4.78 is 5.75. The fraction of sp³-hybridized carbons (Fsp3) is 0.300. The lowest BCUT2D eigenvalue weighted by Crippen LogP contribution is -2.33. The molecule has 0 saturated heterocycles. The molecule has 2 aromatic heterocycles. The molecule has 0 aliphatic rings. The molecule has 0 aliphatic heterocycles. The Labute approximate surface area is 172 Å². The van der Waals surface area contributed by atoms with E-state index in [2.05, 4.69) is 18.8 Å². The molecule has 0 atom stereocenters. The van der Waals surface area contributed by atoms with Gasteiger partial charge >= 0.3 is 0 Å². The van der Waals surface area contributed by atoms with Crippen LogP contribution in [0.5, 0.6) is 5.75 Å². The maximum Gasteiger partial charge on any atom is 0.264 e.